The van der Waals surface area contributed by atoms with Crippen LogP contribution in [0.5, 0.6) is 0 Å². The molecule has 1 aliphatic heterocycles. The first kappa shape index (κ1) is 16.7. The minimum absolute atomic E-state index is 0.600. The first-order chi connectivity index (χ1) is 12.2. The van der Waals surface area contributed by atoms with E-state index in [0.29, 0.717) is 5.92 Å². The normalized spacial score (nSPS) is 15.7. The van der Waals surface area contributed by atoms with Gasteiger partial charge in [-0.2, -0.15) is 0 Å². The highest BCUT2D eigenvalue weighted by molar-refractivity contribution is 7.98. The molecule has 0 radical (unpaired) electrons. The monoisotopic (exact) mass is 369 g/mol. The number of piperidine rings is 1. The second-order valence-electron chi connectivity index (χ2n) is 6.39. The standard InChI is InChI=1S/C20H20ClN3S/c1-25-17-6-7-19-18(12-17)20(23-13-22-19)24-10-8-15(9-11-24)14-2-4-16(21)5-3-14/h2-7,12-13,15H,8-11H2,1H3. The van der Waals surface area contributed by atoms with Crippen LogP contribution in [0.25, 0.3) is 10.9 Å². The molecule has 0 atom stereocenters. The molecule has 0 spiro atoms. The minimum Gasteiger partial charge on any atom is -0.356 e. The number of fused-ring (bicyclic) bond motifs is 1. The first-order valence-electron chi connectivity index (χ1n) is 8.54. The number of rotatable bonds is 3. The maximum Gasteiger partial charge on any atom is 0.139 e. The maximum atomic E-state index is 6.01. The van der Waals surface area contributed by atoms with Crippen LogP contribution < -0.4 is 4.90 Å². The summed E-state index contributed by atoms with van der Waals surface area (Å²) in [6, 6.07) is 14.7. The fraction of sp³-hybridized carbons (Fsp3) is 0.300. The lowest BCUT2D eigenvalue weighted by molar-refractivity contribution is 0.503. The van der Waals surface area contributed by atoms with E-state index in [4.69, 9.17) is 11.6 Å². The molecule has 0 aliphatic carbocycles. The Hall–Kier alpha value is -1.78. The van der Waals surface area contributed by atoms with Crippen molar-refractivity contribution in [2.24, 2.45) is 0 Å². The van der Waals surface area contributed by atoms with Crippen LogP contribution in [0.3, 0.4) is 0 Å². The predicted molar refractivity (Wildman–Crippen MR) is 107 cm³/mol. The van der Waals surface area contributed by atoms with Gasteiger partial charge >= 0.3 is 0 Å². The molecule has 1 aliphatic rings. The Labute approximate surface area is 157 Å². The van der Waals surface area contributed by atoms with Gasteiger partial charge in [0.25, 0.3) is 0 Å². The molecule has 0 unspecified atom stereocenters. The first-order valence-corrected chi connectivity index (χ1v) is 10.1. The largest absolute Gasteiger partial charge is 0.356 e. The Balaban J connectivity index is 1.56. The molecule has 0 N–H and O–H groups in total. The van der Waals surface area contributed by atoms with Crippen molar-refractivity contribution < 1.29 is 0 Å². The van der Waals surface area contributed by atoms with E-state index in [1.165, 1.54) is 10.5 Å². The Kier molecular flexibility index (Phi) is 4.82. The predicted octanol–water partition coefficient (Wildman–Crippen LogP) is 5.39. The molecule has 1 fully saturated rings. The quantitative estimate of drug-likeness (QED) is 0.579. The van der Waals surface area contributed by atoms with Gasteiger partial charge in [0.05, 0.1) is 5.52 Å². The lowest BCUT2D eigenvalue weighted by Gasteiger charge is -2.33. The van der Waals surface area contributed by atoms with Gasteiger partial charge < -0.3 is 4.90 Å². The van der Waals surface area contributed by atoms with Crippen molar-refractivity contribution in [1.29, 1.82) is 0 Å². The Morgan fingerprint density at radius 2 is 1.80 bits per heavy atom. The van der Waals surface area contributed by atoms with Crippen LogP contribution in [0.2, 0.25) is 5.02 Å². The highest BCUT2D eigenvalue weighted by Crippen LogP contribution is 2.33. The smallest absolute Gasteiger partial charge is 0.139 e. The van der Waals surface area contributed by atoms with Gasteiger partial charge in [-0.25, -0.2) is 9.97 Å². The number of halogens is 1. The lowest BCUT2D eigenvalue weighted by Crippen LogP contribution is -2.33. The lowest BCUT2D eigenvalue weighted by atomic mass is 9.89. The van der Waals surface area contributed by atoms with E-state index >= 15 is 0 Å². The molecule has 3 aromatic rings. The molecule has 2 aromatic carbocycles. The zero-order valence-corrected chi connectivity index (χ0v) is 15.7. The van der Waals surface area contributed by atoms with Gasteiger partial charge in [-0.3, -0.25) is 0 Å². The summed E-state index contributed by atoms with van der Waals surface area (Å²) in [6.07, 6.45) is 6.05. The van der Waals surface area contributed by atoms with E-state index in [1.54, 1.807) is 18.1 Å². The SMILES string of the molecule is CSc1ccc2ncnc(N3CCC(c4ccc(Cl)cc4)CC3)c2c1. The van der Waals surface area contributed by atoms with Crippen LogP contribution in [-0.2, 0) is 0 Å². The molecule has 1 saturated heterocycles. The zero-order chi connectivity index (χ0) is 17.2. The van der Waals surface area contributed by atoms with Crippen LogP contribution in [0.15, 0.2) is 53.7 Å². The van der Waals surface area contributed by atoms with Gasteiger partial charge in [0, 0.05) is 28.4 Å². The van der Waals surface area contributed by atoms with Crippen LogP contribution in [0.4, 0.5) is 5.82 Å². The molecule has 4 rings (SSSR count). The molecule has 5 heteroatoms. The third-order valence-corrected chi connectivity index (χ3v) is 5.93. The van der Waals surface area contributed by atoms with E-state index in [0.717, 1.165) is 47.7 Å². The number of hydrogen-bond acceptors (Lipinski definition) is 4. The second-order valence-corrected chi connectivity index (χ2v) is 7.71. The summed E-state index contributed by atoms with van der Waals surface area (Å²) >= 11 is 7.76. The topological polar surface area (TPSA) is 29.0 Å². The van der Waals surface area contributed by atoms with Crippen molar-refractivity contribution >= 4 is 40.1 Å². The molecular formula is C20H20ClN3S. The summed E-state index contributed by atoms with van der Waals surface area (Å²) in [5.74, 6) is 1.67. The van der Waals surface area contributed by atoms with Crippen LogP contribution in [0.1, 0.15) is 24.3 Å². The van der Waals surface area contributed by atoms with Crippen molar-refractivity contribution in [2.75, 3.05) is 24.2 Å². The fourth-order valence-corrected chi connectivity index (χ4v) is 4.13. The van der Waals surface area contributed by atoms with Gasteiger partial charge in [-0.05, 0) is 60.9 Å². The highest BCUT2D eigenvalue weighted by atomic mass is 35.5. The number of hydrogen-bond donors (Lipinski definition) is 0. The summed E-state index contributed by atoms with van der Waals surface area (Å²) in [6.45, 7) is 2.03. The van der Waals surface area contributed by atoms with E-state index in [1.807, 2.05) is 12.1 Å². The van der Waals surface area contributed by atoms with Crippen molar-refractivity contribution in [3.8, 4) is 0 Å². The van der Waals surface area contributed by atoms with E-state index < -0.39 is 0 Å². The summed E-state index contributed by atoms with van der Waals surface area (Å²) in [5.41, 5.74) is 2.41. The van der Waals surface area contributed by atoms with E-state index in [-0.39, 0.29) is 0 Å². The Bertz CT molecular complexity index is 874. The van der Waals surface area contributed by atoms with Crippen molar-refractivity contribution in [3.05, 3.63) is 59.4 Å². The zero-order valence-electron chi connectivity index (χ0n) is 14.2. The van der Waals surface area contributed by atoms with Gasteiger partial charge in [-0.1, -0.05) is 23.7 Å². The van der Waals surface area contributed by atoms with Crippen LogP contribution in [-0.4, -0.2) is 29.3 Å². The van der Waals surface area contributed by atoms with Crippen molar-refractivity contribution in [2.45, 2.75) is 23.7 Å². The molecule has 3 nitrogen and oxygen atoms in total. The summed E-state index contributed by atoms with van der Waals surface area (Å²) < 4.78 is 0. The third kappa shape index (κ3) is 3.46. The van der Waals surface area contributed by atoms with Crippen molar-refractivity contribution in [3.63, 3.8) is 0 Å². The van der Waals surface area contributed by atoms with Gasteiger partial charge in [0.2, 0.25) is 0 Å². The number of nitrogens with zero attached hydrogens (tertiary/aromatic N) is 3. The van der Waals surface area contributed by atoms with Crippen LogP contribution in [0, 0.1) is 0 Å². The molecular weight excluding hydrogens is 350 g/mol. The van der Waals surface area contributed by atoms with Crippen LogP contribution >= 0.6 is 23.4 Å². The molecule has 128 valence electrons. The molecule has 1 aromatic heterocycles. The average molecular weight is 370 g/mol. The fourth-order valence-electron chi connectivity index (χ4n) is 3.56. The molecule has 25 heavy (non-hydrogen) atoms. The summed E-state index contributed by atoms with van der Waals surface area (Å²) in [5, 5.41) is 1.96. The van der Waals surface area contributed by atoms with Crippen molar-refractivity contribution in [1.82, 2.24) is 9.97 Å². The van der Waals surface area contributed by atoms with E-state index in [2.05, 4.69) is 51.5 Å². The minimum atomic E-state index is 0.600. The molecule has 0 bridgehead atoms. The number of aromatic nitrogens is 2. The highest BCUT2D eigenvalue weighted by Gasteiger charge is 2.22. The second kappa shape index (κ2) is 7.22. The van der Waals surface area contributed by atoms with Gasteiger partial charge in [0.1, 0.15) is 12.1 Å². The molecule has 2 heterocycles. The number of anilines is 1. The summed E-state index contributed by atoms with van der Waals surface area (Å²) in [7, 11) is 0. The summed E-state index contributed by atoms with van der Waals surface area (Å²) in [4.78, 5) is 12.7. The van der Waals surface area contributed by atoms with E-state index in [9.17, 15) is 0 Å². The molecule has 0 saturated carbocycles. The number of thioether (sulfide) groups is 1. The number of benzene rings is 2. The van der Waals surface area contributed by atoms with Gasteiger partial charge in [-0.15, -0.1) is 11.8 Å². The Morgan fingerprint density at radius 3 is 2.52 bits per heavy atom. The maximum absolute atomic E-state index is 6.01. The van der Waals surface area contributed by atoms with Gasteiger partial charge in [0.15, 0.2) is 0 Å². The molecule has 0 amide bonds. The third-order valence-electron chi connectivity index (χ3n) is 4.96. The average Bonchev–Trinajstić information content (AvgIpc) is 2.68. The Morgan fingerprint density at radius 1 is 1.04 bits per heavy atom.